The molecule has 0 aliphatic heterocycles. The molecule has 4 unspecified atom stereocenters. The van der Waals surface area contributed by atoms with Crippen LogP contribution in [0.4, 0.5) is 0 Å². The van der Waals surface area contributed by atoms with Crippen molar-refractivity contribution in [2.75, 3.05) is 7.05 Å². The van der Waals surface area contributed by atoms with E-state index in [9.17, 15) is 14.7 Å². The summed E-state index contributed by atoms with van der Waals surface area (Å²) < 4.78 is 0. The summed E-state index contributed by atoms with van der Waals surface area (Å²) in [5.41, 5.74) is 0.757. The summed E-state index contributed by atoms with van der Waals surface area (Å²) in [5, 5.41) is 9.26. The Morgan fingerprint density at radius 1 is 1.30 bits per heavy atom. The second-order valence-corrected chi connectivity index (χ2v) is 7.33. The van der Waals surface area contributed by atoms with Gasteiger partial charge in [0.05, 0.1) is 5.41 Å². The number of rotatable bonds is 5. The number of amides is 1. The van der Waals surface area contributed by atoms with Gasteiger partial charge in [-0.05, 0) is 50.0 Å². The molecule has 23 heavy (non-hydrogen) atoms. The number of likely N-dealkylation sites (N-methyl/N-ethyl adjacent to an activating group) is 1. The van der Waals surface area contributed by atoms with Gasteiger partial charge in [-0.1, -0.05) is 36.8 Å². The highest BCUT2D eigenvalue weighted by atomic mass is 16.4. The third-order valence-corrected chi connectivity index (χ3v) is 6.02. The second kappa shape index (κ2) is 5.99. The van der Waals surface area contributed by atoms with Gasteiger partial charge in [-0.2, -0.15) is 0 Å². The molecule has 1 aromatic carbocycles. The zero-order chi connectivity index (χ0) is 16.6. The minimum atomic E-state index is -0.945. The molecule has 0 saturated heterocycles. The summed E-state index contributed by atoms with van der Waals surface area (Å²) >= 11 is 0. The van der Waals surface area contributed by atoms with Gasteiger partial charge in [0.2, 0.25) is 5.91 Å². The van der Waals surface area contributed by atoms with Gasteiger partial charge >= 0.3 is 5.97 Å². The van der Waals surface area contributed by atoms with E-state index in [1.54, 1.807) is 14.0 Å². The number of carboxylic acids is 1. The highest BCUT2D eigenvalue weighted by Crippen LogP contribution is 2.58. The monoisotopic (exact) mass is 315 g/mol. The summed E-state index contributed by atoms with van der Waals surface area (Å²) in [4.78, 5) is 26.0. The quantitative estimate of drug-likeness (QED) is 0.909. The summed E-state index contributed by atoms with van der Waals surface area (Å²) in [5.74, 6) is 0.0900. The van der Waals surface area contributed by atoms with Crippen LogP contribution >= 0.6 is 0 Å². The highest BCUT2D eigenvalue weighted by Gasteiger charge is 2.56. The normalized spacial score (nSPS) is 30.2. The molecule has 0 spiro atoms. The van der Waals surface area contributed by atoms with Gasteiger partial charge in [0.1, 0.15) is 6.04 Å². The molecule has 3 rings (SSSR count). The van der Waals surface area contributed by atoms with Gasteiger partial charge in [-0.25, -0.2) is 4.79 Å². The summed E-state index contributed by atoms with van der Waals surface area (Å²) in [6.07, 6.45) is 5.06. The molecule has 2 saturated carbocycles. The van der Waals surface area contributed by atoms with Crippen LogP contribution in [0.25, 0.3) is 0 Å². The van der Waals surface area contributed by atoms with Gasteiger partial charge in [-0.3, -0.25) is 4.79 Å². The fourth-order valence-electron chi connectivity index (χ4n) is 4.65. The van der Waals surface area contributed by atoms with E-state index in [4.69, 9.17) is 0 Å². The number of aliphatic carboxylic acids is 1. The fraction of sp³-hybridized carbons (Fsp3) is 0.579. The summed E-state index contributed by atoms with van der Waals surface area (Å²) in [6.45, 7) is 1.59. The lowest BCUT2D eigenvalue weighted by atomic mass is 9.68. The molecule has 2 bridgehead atoms. The van der Waals surface area contributed by atoms with Crippen LogP contribution in [0.2, 0.25) is 0 Å². The average Bonchev–Trinajstić information content (AvgIpc) is 3.15. The number of carbonyl (C=O) groups excluding carboxylic acids is 1. The predicted octanol–water partition coefficient (Wildman–Crippen LogP) is 2.97. The van der Waals surface area contributed by atoms with E-state index >= 15 is 0 Å². The Hall–Kier alpha value is -1.84. The third-order valence-electron chi connectivity index (χ3n) is 6.02. The first-order valence-electron chi connectivity index (χ1n) is 8.48. The SMILES string of the molecule is CC(C(=O)O)N(C)C(=O)C1(Cc2ccccc2)CC2CCC1C2. The summed E-state index contributed by atoms with van der Waals surface area (Å²) in [7, 11) is 1.64. The zero-order valence-electron chi connectivity index (χ0n) is 13.9. The first-order chi connectivity index (χ1) is 10.9. The maximum atomic E-state index is 13.3. The lowest BCUT2D eigenvalue weighted by Gasteiger charge is -2.40. The van der Waals surface area contributed by atoms with E-state index in [0.29, 0.717) is 11.8 Å². The zero-order valence-corrected chi connectivity index (χ0v) is 13.9. The Balaban J connectivity index is 1.90. The van der Waals surface area contributed by atoms with Crippen molar-refractivity contribution in [2.24, 2.45) is 17.3 Å². The molecular weight excluding hydrogens is 290 g/mol. The van der Waals surface area contributed by atoms with Gasteiger partial charge in [0.25, 0.3) is 0 Å². The number of hydrogen-bond donors (Lipinski definition) is 1. The Labute approximate surface area is 137 Å². The molecule has 0 heterocycles. The molecule has 4 nitrogen and oxygen atoms in total. The third kappa shape index (κ3) is 2.75. The van der Waals surface area contributed by atoms with Crippen LogP contribution < -0.4 is 0 Å². The molecule has 0 radical (unpaired) electrons. The number of benzene rings is 1. The molecule has 1 amide bonds. The van der Waals surface area contributed by atoms with Crippen molar-refractivity contribution in [3.63, 3.8) is 0 Å². The Kier molecular flexibility index (Phi) is 4.17. The van der Waals surface area contributed by atoms with Crippen molar-refractivity contribution in [1.29, 1.82) is 0 Å². The van der Waals surface area contributed by atoms with Crippen LogP contribution in [-0.4, -0.2) is 35.0 Å². The molecule has 1 aromatic rings. The molecule has 4 atom stereocenters. The van der Waals surface area contributed by atoms with Crippen molar-refractivity contribution < 1.29 is 14.7 Å². The van der Waals surface area contributed by atoms with Crippen LogP contribution in [0, 0.1) is 17.3 Å². The van der Waals surface area contributed by atoms with E-state index in [-0.39, 0.29) is 5.91 Å². The predicted molar refractivity (Wildman–Crippen MR) is 87.9 cm³/mol. The van der Waals surface area contributed by atoms with Crippen LogP contribution in [0.1, 0.15) is 38.2 Å². The Morgan fingerprint density at radius 2 is 2.00 bits per heavy atom. The van der Waals surface area contributed by atoms with E-state index in [1.165, 1.54) is 16.9 Å². The maximum absolute atomic E-state index is 13.3. The molecule has 124 valence electrons. The van der Waals surface area contributed by atoms with E-state index in [0.717, 1.165) is 25.7 Å². The Bertz CT molecular complexity index is 600. The number of carboxylic acid groups (broad SMARTS) is 1. The van der Waals surface area contributed by atoms with E-state index < -0.39 is 17.4 Å². The minimum Gasteiger partial charge on any atom is -0.480 e. The lowest BCUT2D eigenvalue weighted by molar-refractivity contribution is -0.155. The Morgan fingerprint density at radius 3 is 2.52 bits per heavy atom. The molecular formula is C19H25NO3. The van der Waals surface area contributed by atoms with Crippen LogP contribution in [-0.2, 0) is 16.0 Å². The number of nitrogens with zero attached hydrogens (tertiary/aromatic N) is 1. The molecule has 0 aromatic heterocycles. The van der Waals surface area contributed by atoms with E-state index in [2.05, 4.69) is 12.1 Å². The van der Waals surface area contributed by atoms with Gasteiger partial charge < -0.3 is 10.0 Å². The topological polar surface area (TPSA) is 57.6 Å². The fourth-order valence-corrected chi connectivity index (χ4v) is 4.65. The van der Waals surface area contributed by atoms with Crippen molar-refractivity contribution >= 4 is 11.9 Å². The van der Waals surface area contributed by atoms with E-state index in [1.807, 2.05) is 18.2 Å². The highest BCUT2D eigenvalue weighted by molar-refractivity contribution is 5.88. The van der Waals surface area contributed by atoms with Crippen molar-refractivity contribution in [2.45, 2.75) is 45.1 Å². The van der Waals surface area contributed by atoms with Crippen molar-refractivity contribution in [1.82, 2.24) is 4.90 Å². The van der Waals surface area contributed by atoms with Gasteiger partial charge in [-0.15, -0.1) is 0 Å². The smallest absolute Gasteiger partial charge is 0.326 e. The first kappa shape index (κ1) is 16.0. The number of hydrogen-bond acceptors (Lipinski definition) is 2. The molecule has 2 aliphatic rings. The molecule has 2 aliphatic carbocycles. The standard InChI is InChI=1S/C19H25NO3/c1-13(17(21)22)20(2)18(23)19(11-14-6-4-3-5-7-14)12-15-8-9-16(19)10-15/h3-7,13,15-16H,8-12H2,1-2H3,(H,21,22). The van der Waals surface area contributed by atoms with Crippen molar-refractivity contribution in [3.8, 4) is 0 Å². The van der Waals surface area contributed by atoms with Crippen molar-refractivity contribution in [3.05, 3.63) is 35.9 Å². The van der Waals surface area contributed by atoms with Crippen LogP contribution in [0.15, 0.2) is 30.3 Å². The largest absolute Gasteiger partial charge is 0.480 e. The number of carbonyl (C=O) groups is 2. The van der Waals surface area contributed by atoms with Crippen LogP contribution in [0.3, 0.4) is 0 Å². The van der Waals surface area contributed by atoms with Crippen LogP contribution in [0.5, 0.6) is 0 Å². The first-order valence-corrected chi connectivity index (χ1v) is 8.48. The average molecular weight is 315 g/mol. The lowest BCUT2D eigenvalue weighted by Crippen LogP contribution is -2.51. The van der Waals surface area contributed by atoms with Gasteiger partial charge in [0.15, 0.2) is 0 Å². The summed E-state index contributed by atoms with van der Waals surface area (Å²) in [6, 6.07) is 9.35. The molecule has 2 fully saturated rings. The maximum Gasteiger partial charge on any atom is 0.326 e. The van der Waals surface area contributed by atoms with Gasteiger partial charge in [0, 0.05) is 7.05 Å². The number of fused-ring (bicyclic) bond motifs is 2. The molecule has 4 heteroatoms. The second-order valence-electron chi connectivity index (χ2n) is 7.33. The molecule has 1 N–H and O–H groups in total. The minimum absolute atomic E-state index is 0.0171.